The topological polar surface area (TPSA) is 52.6 Å². The van der Waals surface area contributed by atoms with Crippen molar-refractivity contribution in [2.75, 3.05) is 19.8 Å². The summed E-state index contributed by atoms with van der Waals surface area (Å²) < 4.78 is 10.6. The third-order valence-electron chi connectivity index (χ3n) is 3.65. The van der Waals surface area contributed by atoms with Crippen molar-refractivity contribution in [1.29, 1.82) is 0 Å². The molecule has 0 atom stereocenters. The zero-order valence-corrected chi connectivity index (χ0v) is 13.1. The number of carbonyl (C=O) groups is 2. The summed E-state index contributed by atoms with van der Waals surface area (Å²) in [5.74, 6) is -0.406. The molecule has 22 heavy (non-hydrogen) atoms. The van der Waals surface area contributed by atoms with Gasteiger partial charge < -0.3 is 9.47 Å². The van der Waals surface area contributed by atoms with E-state index in [-0.39, 0.29) is 11.8 Å². The number of hydrogen-bond acceptors (Lipinski definition) is 4. The summed E-state index contributed by atoms with van der Waals surface area (Å²) >= 11 is 0. The first-order valence-electron chi connectivity index (χ1n) is 7.30. The molecule has 0 saturated carbocycles. The number of esters is 1. The van der Waals surface area contributed by atoms with E-state index in [1.165, 1.54) is 6.92 Å². The molecule has 0 bridgehead atoms. The van der Waals surface area contributed by atoms with Crippen LogP contribution in [0.5, 0.6) is 0 Å². The van der Waals surface area contributed by atoms with Crippen LogP contribution in [0.25, 0.3) is 5.57 Å². The van der Waals surface area contributed by atoms with Crippen molar-refractivity contribution in [2.24, 2.45) is 0 Å². The van der Waals surface area contributed by atoms with Crippen LogP contribution in [0.4, 0.5) is 0 Å². The van der Waals surface area contributed by atoms with E-state index >= 15 is 0 Å². The van der Waals surface area contributed by atoms with E-state index in [0.717, 1.165) is 16.7 Å². The Morgan fingerprint density at radius 2 is 1.73 bits per heavy atom. The zero-order valence-electron chi connectivity index (χ0n) is 13.1. The molecule has 0 saturated heterocycles. The van der Waals surface area contributed by atoms with Crippen LogP contribution in [0.1, 0.15) is 26.3 Å². The molecule has 2 rings (SSSR count). The van der Waals surface area contributed by atoms with E-state index < -0.39 is 0 Å². The molecule has 1 aromatic carbocycles. The lowest BCUT2D eigenvalue weighted by molar-refractivity contribution is -0.136. The SMILES string of the molecule is CCOC(=O)/C(=C(/C)C1=C(C(C)=O)COC1)c1ccccc1. The summed E-state index contributed by atoms with van der Waals surface area (Å²) in [5, 5.41) is 0. The fourth-order valence-electron chi connectivity index (χ4n) is 2.52. The average Bonchev–Trinajstić information content (AvgIpc) is 2.98. The van der Waals surface area contributed by atoms with Crippen LogP contribution < -0.4 is 0 Å². The molecule has 0 fully saturated rings. The maximum atomic E-state index is 12.4. The Hall–Kier alpha value is -2.20. The van der Waals surface area contributed by atoms with Crippen LogP contribution in [0.3, 0.4) is 0 Å². The van der Waals surface area contributed by atoms with Crippen LogP contribution in [0.2, 0.25) is 0 Å². The Morgan fingerprint density at radius 3 is 2.32 bits per heavy atom. The first-order valence-corrected chi connectivity index (χ1v) is 7.30. The van der Waals surface area contributed by atoms with Crippen LogP contribution in [-0.4, -0.2) is 31.6 Å². The quantitative estimate of drug-likeness (QED) is 0.620. The molecule has 1 aromatic rings. The minimum atomic E-state index is -0.381. The molecule has 4 heteroatoms. The van der Waals surface area contributed by atoms with E-state index in [0.29, 0.717) is 31.0 Å². The van der Waals surface area contributed by atoms with Crippen molar-refractivity contribution in [3.05, 3.63) is 52.6 Å². The van der Waals surface area contributed by atoms with E-state index in [9.17, 15) is 9.59 Å². The number of rotatable bonds is 5. The van der Waals surface area contributed by atoms with Crippen molar-refractivity contribution in [2.45, 2.75) is 20.8 Å². The van der Waals surface area contributed by atoms with E-state index in [2.05, 4.69) is 0 Å². The van der Waals surface area contributed by atoms with Crippen LogP contribution in [0.15, 0.2) is 47.1 Å². The van der Waals surface area contributed by atoms with Gasteiger partial charge in [0.05, 0.1) is 25.4 Å². The van der Waals surface area contributed by atoms with Gasteiger partial charge in [0.2, 0.25) is 0 Å². The first-order chi connectivity index (χ1) is 10.6. The second-order valence-electron chi connectivity index (χ2n) is 5.09. The minimum Gasteiger partial charge on any atom is -0.462 e. The highest BCUT2D eigenvalue weighted by Gasteiger charge is 2.25. The van der Waals surface area contributed by atoms with Gasteiger partial charge >= 0.3 is 5.97 Å². The maximum absolute atomic E-state index is 12.4. The van der Waals surface area contributed by atoms with Crippen LogP contribution in [0, 0.1) is 0 Å². The van der Waals surface area contributed by atoms with Gasteiger partial charge in [0.1, 0.15) is 0 Å². The van der Waals surface area contributed by atoms with Crippen LogP contribution >= 0.6 is 0 Å². The van der Waals surface area contributed by atoms with Crippen molar-refractivity contribution < 1.29 is 19.1 Å². The molecule has 0 radical (unpaired) electrons. The highest BCUT2D eigenvalue weighted by atomic mass is 16.5. The lowest BCUT2D eigenvalue weighted by Crippen LogP contribution is -2.11. The number of hydrogen-bond donors (Lipinski definition) is 0. The van der Waals surface area contributed by atoms with Gasteiger partial charge in [-0.25, -0.2) is 4.79 Å². The second kappa shape index (κ2) is 7.18. The predicted molar refractivity (Wildman–Crippen MR) is 84.2 cm³/mol. The molecule has 0 aromatic heterocycles. The van der Waals surface area contributed by atoms with E-state index in [4.69, 9.17) is 9.47 Å². The van der Waals surface area contributed by atoms with E-state index in [1.807, 2.05) is 37.3 Å². The summed E-state index contributed by atoms with van der Waals surface area (Å²) in [5.41, 5.74) is 3.43. The molecule has 0 aliphatic carbocycles. The van der Waals surface area contributed by atoms with Gasteiger partial charge in [0.15, 0.2) is 5.78 Å². The van der Waals surface area contributed by atoms with Gasteiger partial charge in [-0.1, -0.05) is 30.3 Å². The Balaban J connectivity index is 2.58. The molecule has 0 N–H and O–H groups in total. The highest BCUT2D eigenvalue weighted by Crippen LogP contribution is 2.30. The zero-order chi connectivity index (χ0) is 16.1. The van der Waals surface area contributed by atoms with E-state index in [1.54, 1.807) is 6.92 Å². The molecular weight excluding hydrogens is 280 g/mol. The average molecular weight is 300 g/mol. The molecular formula is C18H20O4. The summed E-state index contributed by atoms with van der Waals surface area (Å²) in [4.78, 5) is 24.1. The smallest absolute Gasteiger partial charge is 0.339 e. The monoisotopic (exact) mass is 300 g/mol. The lowest BCUT2D eigenvalue weighted by Gasteiger charge is -2.13. The number of ketones is 1. The van der Waals surface area contributed by atoms with Gasteiger partial charge in [-0.15, -0.1) is 0 Å². The van der Waals surface area contributed by atoms with Gasteiger partial charge in [0, 0.05) is 5.57 Å². The number of ether oxygens (including phenoxy) is 2. The van der Waals surface area contributed by atoms with Gasteiger partial charge in [-0.3, -0.25) is 4.79 Å². The Kier molecular flexibility index (Phi) is 5.28. The summed E-state index contributed by atoms with van der Waals surface area (Å²) in [7, 11) is 0. The highest BCUT2D eigenvalue weighted by molar-refractivity contribution is 6.18. The predicted octanol–water partition coefficient (Wildman–Crippen LogP) is 2.94. The molecule has 0 amide bonds. The summed E-state index contributed by atoms with van der Waals surface area (Å²) in [6.45, 7) is 6.08. The standard InChI is InChI=1S/C18H20O4/c1-4-22-18(20)17(14-8-6-5-7-9-14)12(2)15-10-21-11-16(15)13(3)19/h5-9H,4,10-11H2,1-3H3/b17-12-. The second-order valence-corrected chi connectivity index (χ2v) is 5.09. The Labute approximate surface area is 130 Å². The van der Waals surface area contributed by atoms with Crippen molar-refractivity contribution in [3.8, 4) is 0 Å². The van der Waals surface area contributed by atoms with Crippen molar-refractivity contribution in [3.63, 3.8) is 0 Å². The third kappa shape index (κ3) is 3.34. The fourth-order valence-corrected chi connectivity index (χ4v) is 2.52. The van der Waals surface area contributed by atoms with Crippen molar-refractivity contribution >= 4 is 17.3 Å². The third-order valence-corrected chi connectivity index (χ3v) is 3.65. The van der Waals surface area contributed by atoms with Gasteiger partial charge in [-0.05, 0) is 37.5 Å². The molecule has 4 nitrogen and oxygen atoms in total. The summed E-state index contributed by atoms with van der Waals surface area (Å²) in [6, 6.07) is 9.35. The lowest BCUT2D eigenvalue weighted by atomic mass is 9.93. The van der Waals surface area contributed by atoms with Gasteiger partial charge in [0.25, 0.3) is 0 Å². The van der Waals surface area contributed by atoms with Crippen LogP contribution in [-0.2, 0) is 19.1 Å². The summed E-state index contributed by atoms with van der Waals surface area (Å²) in [6.07, 6.45) is 0. The van der Waals surface area contributed by atoms with Crippen molar-refractivity contribution in [1.82, 2.24) is 0 Å². The molecule has 0 spiro atoms. The number of benzene rings is 1. The fraction of sp³-hybridized carbons (Fsp3) is 0.333. The number of carbonyl (C=O) groups excluding carboxylic acids is 2. The molecule has 0 unspecified atom stereocenters. The molecule has 1 aliphatic rings. The minimum absolute atomic E-state index is 0.0249. The van der Waals surface area contributed by atoms with Gasteiger partial charge in [-0.2, -0.15) is 0 Å². The largest absolute Gasteiger partial charge is 0.462 e. The molecule has 1 heterocycles. The Morgan fingerprint density at radius 1 is 1.09 bits per heavy atom. The molecule has 116 valence electrons. The normalized spacial score (nSPS) is 15.6. The number of Topliss-reactive ketones (excluding diaryl/α,β-unsaturated/α-hetero) is 1. The maximum Gasteiger partial charge on any atom is 0.339 e. The Bertz CT molecular complexity index is 638. The molecule has 1 aliphatic heterocycles. The first kappa shape index (κ1) is 16.2.